The number of hydrogen-bond acceptors (Lipinski definition) is 7. The fraction of sp³-hybridized carbons (Fsp3) is 0.545. The van der Waals surface area contributed by atoms with E-state index >= 15 is 0 Å². The van der Waals surface area contributed by atoms with Crippen LogP contribution in [-0.4, -0.2) is 62.7 Å². The number of aldehydes is 1. The van der Waals surface area contributed by atoms with Crippen molar-refractivity contribution < 1.29 is 15.0 Å². The van der Waals surface area contributed by atoms with Crippen molar-refractivity contribution in [1.82, 2.24) is 25.3 Å². The van der Waals surface area contributed by atoms with Gasteiger partial charge in [0.05, 0.1) is 36.9 Å². The van der Waals surface area contributed by atoms with E-state index < -0.39 is 6.10 Å². The zero-order chi connectivity index (χ0) is 22.5. The molecular weight excluding hydrogens is 396 g/mol. The van der Waals surface area contributed by atoms with Gasteiger partial charge < -0.3 is 30.3 Å². The molecule has 3 heterocycles. The van der Waals surface area contributed by atoms with Gasteiger partial charge in [0.25, 0.3) is 0 Å². The van der Waals surface area contributed by atoms with Gasteiger partial charge in [0, 0.05) is 24.5 Å². The molecule has 1 unspecified atom stereocenters. The molecule has 0 aromatic carbocycles. The van der Waals surface area contributed by atoms with E-state index in [0.717, 1.165) is 40.7 Å². The Bertz CT molecular complexity index is 955. The summed E-state index contributed by atoms with van der Waals surface area (Å²) in [7, 11) is 1.72. The van der Waals surface area contributed by atoms with Crippen LogP contribution >= 0.6 is 0 Å². The molecule has 0 bridgehead atoms. The zero-order valence-electron chi connectivity index (χ0n) is 18.0. The van der Waals surface area contributed by atoms with Gasteiger partial charge in [-0.05, 0) is 31.9 Å². The van der Waals surface area contributed by atoms with E-state index in [1.165, 1.54) is 32.1 Å². The summed E-state index contributed by atoms with van der Waals surface area (Å²) in [5, 5.41) is 28.8. The fourth-order valence-corrected chi connectivity index (χ4v) is 3.52. The summed E-state index contributed by atoms with van der Waals surface area (Å²) < 4.78 is 0. The van der Waals surface area contributed by atoms with E-state index in [-0.39, 0.29) is 6.61 Å². The highest BCUT2D eigenvalue weighted by Gasteiger charge is 2.11. The topological polar surface area (TPSA) is 151 Å². The van der Waals surface area contributed by atoms with Crippen LogP contribution in [0.15, 0.2) is 18.5 Å². The number of aromatic amines is 2. The summed E-state index contributed by atoms with van der Waals surface area (Å²) in [4.78, 5) is 25.0. The van der Waals surface area contributed by atoms with E-state index in [0.29, 0.717) is 18.8 Å². The Morgan fingerprint density at radius 3 is 2.77 bits per heavy atom. The Morgan fingerprint density at radius 1 is 1.39 bits per heavy atom. The number of carbonyl (C=O) groups excluding carboxylic acids is 1. The first-order valence-electron chi connectivity index (χ1n) is 10.7. The highest BCUT2D eigenvalue weighted by atomic mass is 16.3. The number of imidazole rings is 1. The molecule has 9 heteroatoms. The number of nitrogens with one attached hydrogen (secondary N) is 3. The maximum Gasteiger partial charge on any atom is 0.139 e. The number of nitriles is 1. The van der Waals surface area contributed by atoms with E-state index in [2.05, 4.69) is 31.3 Å². The first-order valence-corrected chi connectivity index (χ1v) is 10.7. The summed E-state index contributed by atoms with van der Waals surface area (Å²) in [6.07, 6.45) is 11.6. The summed E-state index contributed by atoms with van der Waals surface area (Å²) in [5.74, 6) is 1.42. The molecule has 168 valence electrons. The molecule has 0 radical (unpaired) electrons. The van der Waals surface area contributed by atoms with Gasteiger partial charge >= 0.3 is 0 Å². The summed E-state index contributed by atoms with van der Waals surface area (Å²) in [6, 6.07) is 4.16. The van der Waals surface area contributed by atoms with Crippen molar-refractivity contribution >= 4 is 28.4 Å². The lowest BCUT2D eigenvalue weighted by Gasteiger charge is -2.17. The van der Waals surface area contributed by atoms with E-state index in [1.807, 2.05) is 12.3 Å². The number of aliphatic hydroxyl groups is 2. The smallest absolute Gasteiger partial charge is 0.139 e. The standard InChI is InChI=1S/C10H8N4O.C8H13N.C4H11NO2/c15-4-2-8-13-7-5-12-10-6(1-3-11-10)9(7)14-8;9-7-6-8-4-2-1-3-5-8;1-5-2-4(7)3-6/h1,3-5H,2H2,(H,11,12)(H,13,14);8H,1-6H2;4-7H,2-3H2,1H3. The second-order valence-electron chi connectivity index (χ2n) is 7.58. The van der Waals surface area contributed by atoms with Crippen LogP contribution in [0.2, 0.25) is 0 Å². The number of carbonyl (C=O) groups is 1. The third-order valence-electron chi connectivity index (χ3n) is 5.12. The molecule has 1 aliphatic carbocycles. The highest BCUT2D eigenvalue weighted by molar-refractivity contribution is 6.00. The van der Waals surface area contributed by atoms with Gasteiger partial charge in [-0.1, -0.05) is 19.3 Å². The van der Waals surface area contributed by atoms with Crippen molar-refractivity contribution in [3.8, 4) is 6.07 Å². The van der Waals surface area contributed by atoms with Crippen molar-refractivity contribution in [2.75, 3.05) is 20.2 Å². The van der Waals surface area contributed by atoms with Crippen molar-refractivity contribution in [2.24, 2.45) is 5.92 Å². The van der Waals surface area contributed by atoms with Crippen molar-refractivity contribution in [1.29, 1.82) is 5.26 Å². The number of nitrogens with zero attached hydrogens (tertiary/aromatic N) is 3. The van der Waals surface area contributed by atoms with Crippen LogP contribution in [0.3, 0.4) is 0 Å². The lowest BCUT2D eigenvalue weighted by atomic mass is 9.87. The van der Waals surface area contributed by atoms with Gasteiger partial charge in [-0.25, -0.2) is 9.97 Å². The van der Waals surface area contributed by atoms with Crippen LogP contribution < -0.4 is 5.32 Å². The maximum atomic E-state index is 10.4. The van der Waals surface area contributed by atoms with Crippen LogP contribution in [0.1, 0.15) is 44.3 Å². The third kappa shape index (κ3) is 7.75. The first-order chi connectivity index (χ1) is 15.1. The van der Waals surface area contributed by atoms with Gasteiger partial charge in [0.2, 0.25) is 0 Å². The molecule has 9 nitrogen and oxygen atoms in total. The predicted molar refractivity (Wildman–Crippen MR) is 119 cm³/mol. The Balaban J connectivity index is 0.000000184. The Labute approximate surface area is 181 Å². The lowest BCUT2D eigenvalue weighted by Crippen LogP contribution is -2.26. The Morgan fingerprint density at radius 2 is 2.16 bits per heavy atom. The number of rotatable bonds is 6. The number of aromatic nitrogens is 4. The minimum absolute atomic E-state index is 0.166. The molecule has 3 aromatic rings. The molecule has 5 N–H and O–H groups in total. The molecule has 3 aromatic heterocycles. The van der Waals surface area contributed by atoms with Gasteiger partial charge in [0.15, 0.2) is 0 Å². The molecule has 0 aliphatic heterocycles. The van der Waals surface area contributed by atoms with E-state index in [9.17, 15) is 4.79 Å². The summed E-state index contributed by atoms with van der Waals surface area (Å²) in [5.41, 5.74) is 2.53. The number of aliphatic hydroxyl groups excluding tert-OH is 2. The minimum atomic E-state index is -0.606. The minimum Gasteiger partial charge on any atom is -0.394 e. The van der Waals surface area contributed by atoms with Crippen molar-refractivity contribution in [2.45, 2.75) is 51.0 Å². The van der Waals surface area contributed by atoms with Gasteiger partial charge in [-0.15, -0.1) is 0 Å². The van der Waals surface area contributed by atoms with Crippen molar-refractivity contribution in [3.63, 3.8) is 0 Å². The lowest BCUT2D eigenvalue weighted by molar-refractivity contribution is -0.107. The number of hydrogen-bond donors (Lipinski definition) is 5. The van der Waals surface area contributed by atoms with Crippen LogP contribution in [0.5, 0.6) is 0 Å². The highest BCUT2D eigenvalue weighted by Crippen LogP contribution is 2.25. The summed E-state index contributed by atoms with van der Waals surface area (Å²) >= 11 is 0. The first kappa shape index (κ1) is 24.5. The van der Waals surface area contributed by atoms with Gasteiger partial charge in [0.1, 0.15) is 23.3 Å². The number of H-pyrrole nitrogens is 2. The number of fused-ring (bicyclic) bond motifs is 3. The van der Waals surface area contributed by atoms with E-state index in [4.69, 9.17) is 15.5 Å². The van der Waals surface area contributed by atoms with Crippen LogP contribution in [0.25, 0.3) is 22.1 Å². The summed E-state index contributed by atoms with van der Waals surface area (Å²) in [6.45, 7) is 0.289. The largest absolute Gasteiger partial charge is 0.394 e. The maximum absolute atomic E-state index is 10.4. The zero-order valence-corrected chi connectivity index (χ0v) is 18.0. The van der Waals surface area contributed by atoms with Gasteiger partial charge in [-0.2, -0.15) is 5.26 Å². The average molecular weight is 429 g/mol. The molecule has 1 atom stereocenters. The predicted octanol–water partition coefficient (Wildman–Crippen LogP) is 2.22. The molecule has 1 aliphatic rings. The normalized spacial score (nSPS) is 14.8. The molecule has 0 spiro atoms. The van der Waals surface area contributed by atoms with Crippen LogP contribution in [0.4, 0.5) is 0 Å². The molecule has 4 rings (SSSR count). The molecule has 0 saturated heterocycles. The molecule has 0 amide bonds. The quantitative estimate of drug-likeness (QED) is 0.378. The third-order valence-corrected chi connectivity index (χ3v) is 5.12. The number of pyridine rings is 1. The average Bonchev–Trinajstić information content (AvgIpc) is 3.42. The second kappa shape index (κ2) is 13.5. The van der Waals surface area contributed by atoms with Crippen LogP contribution in [0, 0.1) is 17.2 Å². The van der Waals surface area contributed by atoms with E-state index in [1.54, 1.807) is 13.2 Å². The van der Waals surface area contributed by atoms with Crippen LogP contribution in [-0.2, 0) is 11.2 Å². The van der Waals surface area contributed by atoms with Crippen molar-refractivity contribution in [3.05, 3.63) is 24.3 Å². The molecule has 31 heavy (non-hydrogen) atoms. The number of likely N-dealkylation sites (N-methyl/N-ethyl adjacent to an activating group) is 1. The molecular formula is C22H32N6O3. The molecule has 1 fully saturated rings. The van der Waals surface area contributed by atoms with Gasteiger partial charge in [-0.3, -0.25) is 0 Å². The fourth-order valence-electron chi connectivity index (χ4n) is 3.52. The molecule has 1 saturated carbocycles. The SMILES string of the molecule is CNCC(O)CO.N#CCC1CCCCC1.O=CCc1nc2c(cnc3[nH]ccc32)[nH]1. The Hall–Kier alpha value is -2.80. The Kier molecular flexibility index (Phi) is 10.6. The second-order valence-corrected chi connectivity index (χ2v) is 7.58. The monoisotopic (exact) mass is 428 g/mol.